The molecule has 3 heteroatoms. The van der Waals surface area contributed by atoms with Crippen LogP contribution in [-0.2, 0) is 0 Å². The van der Waals surface area contributed by atoms with Crippen molar-refractivity contribution in [2.75, 3.05) is 26.8 Å². The second-order valence-electron chi connectivity index (χ2n) is 3.92. The predicted octanol–water partition coefficient (Wildman–Crippen LogP) is 2.85. The fourth-order valence-electron chi connectivity index (χ4n) is 1.59. The Balaban J connectivity index is 2.19. The summed E-state index contributed by atoms with van der Waals surface area (Å²) in [4.78, 5) is 0. The Hall–Kier alpha value is -1.22. The Morgan fingerprint density at radius 1 is 1.06 bits per heavy atom. The molecule has 0 aliphatic rings. The van der Waals surface area contributed by atoms with Crippen molar-refractivity contribution in [3.8, 4) is 11.5 Å². The number of hydrogen-bond donors (Lipinski definition) is 1. The molecule has 0 amide bonds. The zero-order chi connectivity index (χ0) is 12.3. The summed E-state index contributed by atoms with van der Waals surface area (Å²) in [5.41, 5.74) is 0. The lowest BCUT2D eigenvalue weighted by Crippen LogP contribution is -2.07. The van der Waals surface area contributed by atoms with E-state index in [9.17, 15) is 0 Å². The molecular weight excluding hydrogens is 214 g/mol. The van der Waals surface area contributed by atoms with Crippen LogP contribution in [0.1, 0.15) is 26.2 Å². The van der Waals surface area contributed by atoms with Crippen LogP contribution in [0.5, 0.6) is 11.5 Å². The van der Waals surface area contributed by atoms with Crippen molar-refractivity contribution < 1.29 is 9.47 Å². The summed E-state index contributed by atoms with van der Waals surface area (Å²) in [5.74, 6) is 1.77. The Bertz CT molecular complexity index is 302. The molecule has 17 heavy (non-hydrogen) atoms. The van der Waals surface area contributed by atoms with E-state index in [0.717, 1.165) is 31.1 Å². The Morgan fingerprint density at radius 3 is 2.53 bits per heavy atom. The first-order chi connectivity index (χ1) is 8.36. The largest absolute Gasteiger partial charge is 0.494 e. The first kappa shape index (κ1) is 13.8. The van der Waals surface area contributed by atoms with Gasteiger partial charge in [-0.25, -0.2) is 0 Å². The molecule has 0 saturated carbocycles. The number of unbranched alkanes of at least 4 members (excludes halogenated alkanes) is 2. The molecule has 1 aromatic carbocycles. The first-order valence-electron chi connectivity index (χ1n) is 6.37. The molecule has 96 valence electrons. The van der Waals surface area contributed by atoms with E-state index in [4.69, 9.17) is 9.47 Å². The van der Waals surface area contributed by atoms with Gasteiger partial charge in [0.2, 0.25) is 0 Å². The van der Waals surface area contributed by atoms with Crippen LogP contribution in [0.25, 0.3) is 0 Å². The molecule has 3 nitrogen and oxygen atoms in total. The van der Waals surface area contributed by atoms with Gasteiger partial charge >= 0.3 is 0 Å². The minimum atomic E-state index is 0.688. The van der Waals surface area contributed by atoms with Crippen LogP contribution in [0.15, 0.2) is 24.3 Å². The molecule has 0 aromatic heterocycles. The zero-order valence-electron chi connectivity index (χ0n) is 10.9. The van der Waals surface area contributed by atoms with E-state index in [-0.39, 0.29) is 0 Å². The van der Waals surface area contributed by atoms with E-state index >= 15 is 0 Å². The van der Waals surface area contributed by atoms with Crippen molar-refractivity contribution in [3.63, 3.8) is 0 Å². The highest BCUT2D eigenvalue weighted by atomic mass is 16.5. The highest BCUT2D eigenvalue weighted by Gasteiger charge is 1.97. The summed E-state index contributed by atoms with van der Waals surface area (Å²) in [7, 11) is 1.98. The van der Waals surface area contributed by atoms with Gasteiger partial charge in [0.25, 0.3) is 0 Å². The number of nitrogens with one attached hydrogen (secondary N) is 1. The zero-order valence-corrected chi connectivity index (χ0v) is 10.9. The average Bonchev–Trinajstić information content (AvgIpc) is 2.35. The minimum Gasteiger partial charge on any atom is -0.494 e. The van der Waals surface area contributed by atoms with Crippen LogP contribution in [-0.4, -0.2) is 26.8 Å². The lowest BCUT2D eigenvalue weighted by atomic mass is 10.2. The molecule has 0 fully saturated rings. The smallest absolute Gasteiger partial charge is 0.122 e. The lowest BCUT2D eigenvalue weighted by molar-refractivity contribution is 0.299. The van der Waals surface area contributed by atoms with Gasteiger partial charge in [-0.05, 0) is 51.9 Å². The fraction of sp³-hybridized carbons (Fsp3) is 0.571. The van der Waals surface area contributed by atoms with Crippen LogP contribution in [0.2, 0.25) is 0 Å². The van der Waals surface area contributed by atoms with Gasteiger partial charge in [-0.15, -0.1) is 0 Å². The fourth-order valence-corrected chi connectivity index (χ4v) is 1.59. The molecule has 0 heterocycles. The standard InChI is InChI=1S/C14H23NO2/c1-3-16-13-8-7-9-14(12-13)17-11-6-4-5-10-15-2/h7-9,12,15H,3-6,10-11H2,1-2H3. The number of benzene rings is 1. The molecule has 0 spiro atoms. The summed E-state index contributed by atoms with van der Waals surface area (Å²) < 4.78 is 11.1. The van der Waals surface area contributed by atoms with E-state index in [1.807, 2.05) is 38.2 Å². The summed E-state index contributed by atoms with van der Waals surface area (Å²) >= 11 is 0. The van der Waals surface area contributed by atoms with Gasteiger partial charge in [-0.2, -0.15) is 0 Å². The van der Waals surface area contributed by atoms with E-state index in [2.05, 4.69) is 5.32 Å². The third-order valence-electron chi connectivity index (χ3n) is 2.46. The van der Waals surface area contributed by atoms with Gasteiger partial charge in [0.1, 0.15) is 11.5 Å². The monoisotopic (exact) mass is 237 g/mol. The second kappa shape index (κ2) is 8.88. The van der Waals surface area contributed by atoms with Crippen LogP contribution in [0.3, 0.4) is 0 Å². The molecule has 0 bridgehead atoms. The van der Waals surface area contributed by atoms with Crippen molar-refractivity contribution in [1.29, 1.82) is 0 Å². The SMILES string of the molecule is CCOc1cccc(OCCCCCNC)c1. The highest BCUT2D eigenvalue weighted by Crippen LogP contribution is 2.19. The Kier molecular flexibility index (Phi) is 7.23. The molecule has 1 rings (SSSR count). The van der Waals surface area contributed by atoms with Crippen LogP contribution in [0, 0.1) is 0 Å². The maximum atomic E-state index is 5.67. The van der Waals surface area contributed by atoms with Gasteiger partial charge in [0.15, 0.2) is 0 Å². The molecule has 1 N–H and O–H groups in total. The van der Waals surface area contributed by atoms with Gasteiger partial charge in [0, 0.05) is 6.07 Å². The minimum absolute atomic E-state index is 0.688. The number of hydrogen-bond acceptors (Lipinski definition) is 3. The molecule has 0 radical (unpaired) electrons. The van der Waals surface area contributed by atoms with Crippen molar-refractivity contribution in [2.24, 2.45) is 0 Å². The van der Waals surface area contributed by atoms with E-state index in [1.165, 1.54) is 12.8 Å². The topological polar surface area (TPSA) is 30.5 Å². The Labute approximate surface area is 104 Å². The number of ether oxygens (including phenoxy) is 2. The molecule has 0 aliphatic heterocycles. The van der Waals surface area contributed by atoms with Crippen molar-refractivity contribution >= 4 is 0 Å². The molecule has 0 aliphatic carbocycles. The van der Waals surface area contributed by atoms with Crippen LogP contribution in [0.4, 0.5) is 0 Å². The van der Waals surface area contributed by atoms with Crippen LogP contribution < -0.4 is 14.8 Å². The van der Waals surface area contributed by atoms with Crippen molar-refractivity contribution in [1.82, 2.24) is 5.32 Å². The molecule has 1 aromatic rings. The second-order valence-corrected chi connectivity index (χ2v) is 3.92. The summed E-state index contributed by atoms with van der Waals surface area (Å²) in [5, 5.41) is 3.14. The summed E-state index contributed by atoms with van der Waals surface area (Å²) in [6.07, 6.45) is 3.51. The van der Waals surface area contributed by atoms with E-state index in [1.54, 1.807) is 0 Å². The Morgan fingerprint density at radius 2 is 1.82 bits per heavy atom. The van der Waals surface area contributed by atoms with E-state index in [0.29, 0.717) is 6.61 Å². The average molecular weight is 237 g/mol. The third kappa shape index (κ3) is 6.17. The van der Waals surface area contributed by atoms with Gasteiger partial charge in [-0.3, -0.25) is 0 Å². The lowest BCUT2D eigenvalue weighted by Gasteiger charge is -2.08. The third-order valence-corrected chi connectivity index (χ3v) is 2.46. The quantitative estimate of drug-likeness (QED) is 0.670. The molecule has 0 atom stereocenters. The van der Waals surface area contributed by atoms with Gasteiger partial charge in [0.05, 0.1) is 13.2 Å². The predicted molar refractivity (Wildman–Crippen MR) is 70.9 cm³/mol. The van der Waals surface area contributed by atoms with E-state index < -0.39 is 0 Å². The molecule has 0 saturated heterocycles. The van der Waals surface area contributed by atoms with Crippen molar-refractivity contribution in [3.05, 3.63) is 24.3 Å². The van der Waals surface area contributed by atoms with Gasteiger partial charge < -0.3 is 14.8 Å². The maximum Gasteiger partial charge on any atom is 0.122 e. The number of rotatable bonds is 9. The van der Waals surface area contributed by atoms with Crippen molar-refractivity contribution in [2.45, 2.75) is 26.2 Å². The van der Waals surface area contributed by atoms with Crippen LogP contribution >= 0.6 is 0 Å². The highest BCUT2D eigenvalue weighted by molar-refractivity contribution is 5.32. The summed E-state index contributed by atoms with van der Waals surface area (Å²) in [6, 6.07) is 7.82. The maximum absolute atomic E-state index is 5.67. The first-order valence-corrected chi connectivity index (χ1v) is 6.37. The normalized spacial score (nSPS) is 10.2. The summed E-state index contributed by atoms with van der Waals surface area (Å²) in [6.45, 7) is 4.53. The van der Waals surface area contributed by atoms with Gasteiger partial charge in [-0.1, -0.05) is 6.07 Å². The molecular formula is C14H23NO2. The molecule has 0 unspecified atom stereocenters.